The summed E-state index contributed by atoms with van der Waals surface area (Å²) in [6.45, 7) is 0. The lowest BCUT2D eigenvalue weighted by atomic mass is 10.4. The molecule has 0 bridgehead atoms. The van der Waals surface area contributed by atoms with Crippen LogP contribution in [0.5, 0.6) is 0 Å². The highest BCUT2D eigenvalue weighted by Gasteiger charge is 1.64. The van der Waals surface area contributed by atoms with Gasteiger partial charge in [-0.3, -0.25) is 0 Å². The molecule has 0 aliphatic carbocycles. The summed E-state index contributed by atoms with van der Waals surface area (Å²) in [5, 5.41) is 0. The molecular formula is C6H6O. The number of terminal acetylenes is 1. The van der Waals surface area contributed by atoms with Gasteiger partial charge in [0.05, 0.1) is 0 Å². The number of hydrogen-bond acceptors (Lipinski definition) is 1. The van der Waals surface area contributed by atoms with Gasteiger partial charge in [0.1, 0.15) is 6.29 Å². The van der Waals surface area contributed by atoms with Crippen molar-refractivity contribution < 1.29 is 4.79 Å². The molecule has 0 aliphatic rings. The molecule has 1 heteroatoms. The first-order valence-corrected chi connectivity index (χ1v) is 1.96. The van der Waals surface area contributed by atoms with Crippen LogP contribution < -0.4 is 0 Å². The van der Waals surface area contributed by atoms with E-state index in [2.05, 4.69) is 5.92 Å². The van der Waals surface area contributed by atoms with Crippen molar-refractivity contribution >= 4 is 6.29 Å². The van der Waals surface area contributed by atoms with Crippen molar-refractivity contribution in [2.45, 2.75) is 6.42 Å². The van der Waals surface area contributed by atoms with Gasteiger partial charge >= 0.3 is 0 Å². The lowest BCUT2D eigenvalue weighted by Crippen LogP contribution is -1.62. The lowest BCUT2D eigenvalue weighted by Gasteiger charge is -1.65. The monoisotopic (exact) mass is 94.0 g/mol. The van der Waals surface area contributed by atoms with E-state index in [0.717, 1.165) is 6.29 Å². The fourth-order valence-corrected chi connectivity index (χ4v) is 0.192. The maximum atomic E-state index is 9.56. The van der Waals surface area contributed by atoms with Crippen LogP contribution in [0.4, 0.5) is 0 Å². The first kappa shape index (κ1) is 5.97. The Kier molecular flexibility index (Phi) is 4.24. The van der Waals surface area contributed by atoms with Crippen LogP contribution in [0, 0.1) is 12.3 Å². The van der Waals surface area contributed by atoms with Crippen LogP contribution in [0.1, 0.15) is 6.42 Å². The van der Waals surface area contributed by atoms with Gasteiger partial charge < -0.3 is 4.79 Å². The SMILES string of the molecule is C#CC=CCC=O. The van der Waals surface area contributed by atoms with Gasteiger partial charge in [-0.1, -0.05) is 12.0 Å². The fraction of sp³-hybridized carbons (Fsp3) is 0.167. The highest BCUT2D eigenvalue weighted by atomic mass is 16.1. The maximum absolute atomic E-state index is 9.56. The Morgan fingerprint density at radius 1 is 1.71 bits per heavy atom. The summed E-state index contributed by atoms with van der Waals surface area (Å²) >= 11 is 0. The van der Waals surface area contributed by atoms with Crippen LogP contribution in [0.25, 0.3) is 0 Å². The molecule has 0 heterocycles. The van der Waals surface area contributed by atoms with E-state index in [9.17, 15) is 4.79 Å². The highest BCUT2D eigenvalue weighted by molar-refractivity contribution is 5.52. The van der Waals surface area contributed by atoms with Crippen molar-refractivity contribution in [2.75, 3.05) is 0 Å². The number of aldehydes is 1. The molecule has 0 N–H and O–H groups in total. The Morgan fingerprint density at radius 3 is 2.86 bits per heavy atom. The first-order valence-electron chi connectivity index (χ1n) is 1.96. The number of allylic oxidation sites excluding steroid dienone is 2. The zero-order chi connectivity index (χ0) is 5.54. The van der Waals surface area contributed by atoms with Crippen molar-refractivity contribution in [3.05, 3.63) is 12.2 Å². The second-order valence-corrected chi connectivity index (χ2v) is 0.971. The molecule has 0 unspecified atom stereocenters. The summed E-state index contributed by atoms with van der Waals surface area (Å²) in [5.74, 6) is 2.26. The Hall–Kier alpha value is -1.03. The summed E-state index contributed by atoms with van der Waals surface area (Å²) in [4.78, 5) is 9.56. The Bertz CT molecular complexity index is 106. The minimum absolute atomic E-state index is 0.421. The standard InChI is InChI=1S/C6H6O/c1-2-3-4-5-6-7/h1,3-4,6H,5H2. The third-order valence-electron chi connectivity index (χ3n) is 0.446. The van der Waals surface area contributed by atoms with Crippen LogP contribution in [0.15, 0.2) is 12.2 Å². The van der Waals surface area contributed by atoms with Crippen LogP contribution in [-0.4, -0.2) is 6.29 Å². The van der Waals surface area contributed by atoms with Gasteiger partial charge in [-0.25, -0.2) is 0 Å². The van der Waals surface area contributed by atoms with Gasteiger partial charge in [0.25, 0.3) is 0 Å². The van der Waals surface area contributed by atoms with E-state index < -0.39 is 0 Å². The summed E-state index contributed by atoms with van der Waals surface area (Å²) in [5.41, 5.74) is 0. The van der Waals surface area contributed by atoms with Crippen molar-refractivity contribution in [3.8, 4) is 12.3 Å². The molecule has 0 saturated heterocycles. The smallest absolute Gasteiger partial charge is 0.123 e. The second-order valence-electron chi connectivity index (χ2n) is 0.971. The fourth-order valence-electron chi connectivity index (χ4n) is 0.192. The summed E-state index contributed by atoms with van der Waals surface area (Å²) in [6.07, 6.45) is 9.18. The second kappa shape index (κ2) is 4.97. The minimum Gasteiger partial charge on any atom is -0.303 e. The van der Waals surface area contributed by atoms with Gasteiger partial charge in [-0.15, -0.1) is 6.42 Å². The van der Waals surface area contributed by atoms with E-state index in [-0.39, 0.29) is 0 Å². The third-order valence-corrected chi connectivity index (χ3v) is 0.446. The van der Waals surface area contributed by atoms with E-state index in [0.29, 0.717) is 6.42 Å². The zero-order valence-electron chi connectivity index (χ0n) is 3.92. The molecule has 0 spiro atoms. The zero-order valence-corrected chi connectivity index (χ0v) is 3.92. The Balaban J connectivity index is 3.14. The van der Waals surface area contributed by atoms with Crippen molar-refractivity contribution in [2.24, 2.45) is 0 Å². The van der Waals surface area contributed by atoms with Crippen molar-refractivity contribution in [1.29, 1.82) is 0 Å². The lowest BCUT2D eigenvalue weighted by molar-refractivity contribution is -0.107. The van der Waals surface area contributed by atoms with Gasteiger partial charge in [0.2, 0.25) is 0 Å². The molecule has 0 aromatic rings. The maximum Gasteiger partial charge on any atom is 0.123 e. The highest BCUT2D eigenvalue weighted by Crippen LogP contribution is 1.72. The Morgan fingerprint density at radius 2 is 2.43 bits per heavy atom. The molecule has 0 aliphatic heterocycles. The quantitative estimate of drug-likeness (QED) is 0.365. The molecule has 0 rings (SSSR count). The van der Waals surface area contributed by atoms with Crippen LogP contribution in [0.2, 0.25) is 0 Å². The summed E-state index contributed by atoms with van der Waals surface area (Å²) in [7, 11) is 0. The van der Waals surface area contributed by atoms with E-state index in [1.165, 1.54) is 6.08 Å². The predicted octanol–water partition coefficient (Wildman–Crippen LogP) is 0.765. The van der Waals surface area contributed by atoms with E-state index in [4.69, 9.17) is 6.42 Å². The molecule has 0 aromatic carbocycles. The molecular weight excluding hydrogens is 88.1 g/mol. The molecule has 0 amide bonds. The molecule has 1 nitrogen and oxygen atoms in total. The van der Waals surface area contributed by atoms with Crippen molar-refractivity contribution in [3.63, 3.8) is 0 Å². The van der Waals surface area contributed by atoms with Crippen LogP contribution >= 0.6 is 0 Å². The first-order chi connectivity index (χ1) is 3.41. The topological polar surface area (TPSA) is 17.1 Å². The third kappa shape index (κ3) is 4.97. The number of carbonyl (C=O) groups is 1. The number of rotatable bonds is 2. The Labute approximate surface area is 43.0 Å². The minimum atomic E-state index is 0.421. The van der Waals surface area contributed by atoms with Gasteiger partial charge in [-0.05, 0) is 6.08 Å². The predicted molar refractivity (Wildman–Crippen MR) is 28.7 cm³/mol. The summed E-state index contributed by atoms with van der Waals surface area (Å²) in [6, 6.07) is 0. The van der Waals surface area contributed by atoms with E-state index in [1.807, 2.05) is 0 Å². The molecule has 36 valence electrons. The number of carbonyl (C=O) groups excluding carboxylic acids is 1. The summed E-state index contributed by atoms with van der Waals surface area (Å²) < 4.78 is 0. The average Bonchev–Trinajstić information content (AvgIpc) is 1.69. The average molecular weight is 94.1 g/mol. The van der Waals surface area contributed by atoms with Crippen molar-refractivity contribution in [1.82, 2.24) is 0 Å². The van der Waals surface area contributed by atoms with Gasteiger partial charge in [-0.2, -0.15) is 0 Å². The van der Waals surface area contributed by atoms with Gasteiger partial charge in [0, 0.05) is 6.42 Å². The van der Waals surface area contributed by atoms with Crippen LogP contribution in [0.3, 0.4) is 0 Å². The number of hydrogen-bond donors (Lipinski definition) is 0. The van der Waals surface area contributed by atoms with E-state index in [1.54, 1.807) is 6.08 Å². The molecule has 0 aromatic heterocycles. The molecule has 0 atom stereocenters. The molecule has 0 fully saturated rings. The van der Waals surface area contributed by atoms with E-state index >= 15 is 0 Å². The van der Waals surface area contributed by atoms with Gasteiger partial charge in [0.15, 0.2) is 0 Å². The normalized spacial score (nSPS) is 8.43. The molecule has 0 radical (unpaired) electrons. The molecule has 7 heavy (non-hydrogen) atoms. The molecule has 0 saturated carbocycles. The largest absolute Gasteiger partial charge is 0.303 e. The van der Waals surface area contributed by atoms with Crippen LogP contribution in [-0.2, 0) is 4.79 Å².